The number of amides is 1. The maximum atomic E-state index is 10.4. The molecule has 4 heteroatoms. The lowest BCUT2D eigenvalue weighted by atomic mass is 10.3. The third-order valence-electron chi connectivity index (χ3n) is 1.74. The van der Waals surface area contributed by atoms with Crippen molar-refractivity contribution < 1.29 is 4.79 Å². The van der Waals surface area contributed by atoms with E-state index < -0.39 is 0 Å². The first-order valence-corrected chi connectivity index (χ1v) is 4.76. The number of rotatable bonds is 8. The Balaban J connectivity index is 2.96. The summed E-state index contributed by atoms with van der Waals surface area (Å²) in [6.45, 7) is 3.00. The van der Waals surface area contributed by atoms with Crippen LogP contribution in [0.25, 0.3) is 0 Å². The second-order valence-electron chi connectivity index (χ2n) is 3.48. The predicted molar refractivity (Wildman–Crippen MR) is 54.5 cm³/mol. The summed E-state index contributed by atoms with van der Waals surface area (Å²) >= 11 is 0. The second kappa shape index (κ2) is 8.01. The highest BCUT2D eigenvalue weighted by atomic mass is 16.1. The van der Waals surface area contributed by atoms with Crippen LogP contribution in [0.1, 0.15) is 19.3 Å². The summed E-state index contributed by atoms with van der Waals surface area (Å²) in [6.07, 6.45) is 2.47. The third kappa shape index (κ3) is 11.4. The van der Waals surface area contributed by atoms with E-state index in [-0.39, 0.29) is 5.91 Å². The first-order chi connectivity index (χ1) is 6.13. The van der Waals surface area contributed by atoms with Crippen LogP contribution < -0.4 is 11.1 Å². The van der Waals surface area contributed by atoms with Gasteiger partial charge in [-0.15, -0.1) is 0 Å². The standard InChI is InChI=1S/C9H21N3O/c1-12(2)8-4-7-11-6-3-5-9(10)13/h11H,3-8H2,1-2H3,(H2,10,13). The Hall–Kier alpha value is -0.610. The van der Waals surface area contributed by atoms with Crippen LogP contribution in [0.2, 0.25) is 0 Å². The van der Waals surface area contributed by atoms with Crippen LogP contribution >= 0.6 is 0 Å². The second-order valence-corrected chi connectivity index (χ2v) is 3.48. The van der Waals surface area contributed by atoms with Gasteiger partial charge in [-0.05, 0) is 46.6 Å². The minimum absolute atomic E-state index is 0.213. The van der Waals surface area contributed by atoms with Gasteiger partial charge in [0, 0.05) is 6.42 Å². The third-order valence-corrected chi connectivity index (χ3v) is 1.74. The average molecular weight is 187 g/mol. The topological polar surface area (TPSA) is 58.4 Å². The summed E-state index contributed by atoms with van der Waals surface area (Å²) in [6, 6.07) is 0. The van der Waals surface area contributed by atoms with Gasteiger partial charge in [0.2, 0.25) is 5.91 Å². The van der Waals surface area contributed by atoms with E-state index in [2.05, 4.69) is 24.3 Å². The number of carbonyl (C=O) groups is 1. The molecule has 0 aliphatic carbocycles. The molecule has 0 fully saturated rings. The van der Waals surface area contributed by atoms with Crippen LogP contribution in [0.3, 0.4) is 0 Å². The number of primary amides is 1. The van der Waals surface area contributed by atoms with Crippen LogP contribution in [0.4, 0.5) is 0 Å². The molecule has 0 atom stereocenters. The zero-order valence-corrected chi connectivity index (χ0v) is 8.68. The van der Waals surface area contributed by atoms with E-state index in [1.54, 1.807) is 0 Å². The van der Waals surface area contributed by atoms with Crippen molar-refractivity contribution in [1.82, 2.24) is 10.2 Å². The fraction of sp³-hybridized carbons (Fsp3) is 0.889. The number of hydrogen-bond donors (Lipinski definition) is 2. The quantitative estimate of drug-likeness (QED) is 0.517. The summed E-state index contributed by atoms with van der Waals surface area (Å²) in [5, 5.41) is 3.26. The number of nitrogens with one attached hydrogen (secondary N) is 1. The molecule has 13 heavy (non-hydrogen) atoms. The summed E-state index contributed by atoms with van der Waals surface area (Å²) in [5.74, 6) is -0.213. The lowest BCUT2D eigenvalue weighted by molar-refractivity contribution is -0.118. The molecule has 0 radical (unpaired) electrons. The summed E-state index contributed by atoms with van der Waals surface area (Å²) in [7, 11) is 4.13. The monoisotopic (exact) mass is 187 g/mol. The van der Waals surface area contributed by atoms with Gasteiger partial charge in [0.25, 0.3) is 0 Å². The molecular weight excluding hydrogens is 166 g/mol. The van der Waals surface area contributed by atoms with E-state index in [1.807, 2.05) is 0 Å². The fourth-order valence-electron chi connectivity index (χ4n) is 1.03. The van der Waals surface area contributed by atoms with Gasteiger partial charge in [-0.1, -0.05) is 0 Å². The van der Waals surface area contributed by atoms with Crippen molar-refractivity contribution in [2.75, 3.05) is 33.7 Å². The predicted octanol–water partition coefficient (Wildman–Crippen LogP) is -0.207. The highest BCUT2D eigenvalue weighted by Gasteiger charge is 1.94. The lowest BCUT2D eigenvalue weighted by Crippen LogP contribution is -2.23. The summed E-state index contributed by atoms with van der Waals surface area (Å²) in [5.41, 5.74) is 5.00. The van der Waals surface area contributed by atoms with Crippen LogP contribution in [0.5, 0.6) is 0 Å². The first-order valence-electron chi connectivity index (χ1n) is 4.76. The van der Waals surface area contributed by atoms with Gasteiger partial charge in [0.15, 0.2) is 0 Å². The van der Waals surface area contributed by atoms with Gasteiger partial charge in [0.05, 0.1) is 0 Å². The van der Waals surface area contributed by atoms with Crippen LogP contribution in [0, 0.1) is 0 Å². The van der Waals surface area contributed by atoms with Crippen molar-refractivity contribution in [2.45, 2.75) is 19.3 Å². The minimum Gasteiger partial charge on any atom is -0.370 e. The summed E-state index contributed by atoms with van der Waals surface area (Å²) < 4.78 is 0. The van der Waals surface area contributed by atoms with Gasteiger partial charge in [-0.2, -0.15) is 0 Å². The molecule has 0 aromatic carbocycles. The Morgan fingerprint density at radius 3 is 2.46 bits per heavy atom. The molecule has 0 spiro atoms. The Morgan fingerprint density at radius 2 is 1.92 bits per heavy atom. The van der Waals surface area contributed by atoms with Crippen LogP contribution in [0.15, 0.2) is 0 Å². The molecule has 0 aromatic rings. The molecular formula is C9H21N3O. The smallest absolute Gasteiger partial charge is 0.217 e. The molecule has 0 bridgehead atoms. The van der Waals surface area contributed by atoms with E-state index in [0.717, 1.165) is 32.5 Å². The minimum atomic E-state index is -0.213. The van der Waals surface area contributed by atoms with Crippen molar-refractivity contribution in [3.8, 4) is 0 Å². The van der Waals surface area contributed by atoms with Gasteiger partial charge in [0.1, 0.15) is 0 Å². The van der Waals surface area contributed by atoms with Crippen LogP contribution in [-0.4, -0.2) is 44.5 Å². The Morgan fingerprint density at radius 1 is 1.31 bits per heavy atom. The first kappa shape index (κ1) is 12.4. The zero-order chi connectivity index (χ0) is 10.1. The van der Waals surface area contributed by atoms with Gasteiger partial charge in [-0.25, -0.2) is 0 Å². The average Bonchev–Trinajstić information content (AvgIpc) is 2.01. The number of hydrogen-bond acceptors (Lipinski definition) is 3. The molecule has 0 rings (SSSR count). The molecule has 0 saturated carbocycles. The number of nitrogens with two attached hydrogens (primary N) is 1. The van der Waals surface area contributed by atoms with Crippen molar-refractivity contribution >= 4 is 5.91 Å². The maximum absolute atomic E-state index is 10.4. The van der Waals surface area contributed by atoms with E-state index in [1.165, 1.54) is 0 Å². The normalized spacial score (nSPS) is 10.7. The molecule has 0 aliphatic heterocycles. The maximum Gasteiger partial charge on any atom is 0.217 e. The molecule has 0 saturated heterocycles. The zero-order valence-electron chi connectivity index (χ0n) is 8.68. The SMILES string of the molecule is CN(C)CCCNCCCC(N)=O. The Labute approximate surface area is 80.5 Å². The fourth-order valence-corrected chi connectivity index (χ4v) is 1.03. The molecule has 78 valence electrons. The molecule has 0 heterocycles. The Bertz CT molecular complexity index is 137. The number of carbonyl (C=O) groups excluding carboxylic acids is 1. The highest BCUT2D eigenvalue weighted by Crippen LogP contribution is 1.85. The lowest BCUT2D eigenvalue weighted by Gasteiger charge is -2.09. The number of nitrogens with zero attached hydrogens (tertiary/aromatic N) is 1. The van der Waals surface area contributed by atoms with E-state index >= 15 is 0 Å². The van der Waals surface area contributed by atoms with Gasteiger partial charge in [-0.3, -0.25) is 4.79 Å². The molecule has 3 N–H and O–H groups in total. The molecule has 0 aliphatic rings. The van der Waals surface area contributed by atoms with Gasteiger partial charge >= 0.3 is 0 Å². The van der Waals surface area contributed by atoms with Gasteiger partial charge < -0.3 is 16.0 Å². The van der Waals surface area contributed by atoms with Crippen molar-refractivity contribution in [3.63, 3.8) is 0 Å². The van der Waals surface area contributed by atoms with E-state index in [0.29, 0.717) is 6.42 Å². The largest absolute Gasteiger partial charge is 0.370 e. The van der Waals surface area contributed by atoms with Crippen LogP contribution in [-0.2, 0) is 4.79 Å². The molecule has 0 unspecified atom stereocenters. The highest BCUT2D eigenvalue weighted by molar-refractivity contribution is 5.73. The molecule has 1 amide bonds. The van der Waals surface area contributed by atoms with Crippen molar-refractivity contribution in [1.29, 1.82) is 0 Å². The van der Waals surface area contributed by atoms with E-state index in [4.69, 9.17) is 5.73 Å². The summed E-state index contributed by atoms with van der Waals surface area (Å²) in [4.78, 5) is 12.5. The van der Waals surface area contributed by atoms with Crippen molar-refractivity contribution in [3.05, 3.63) is 0 Å². The van der Waals surface area contributed by atoms with Crippen molar-refractivity contribution in [2.24, 2.45) is 5.73 Å². The van der Waals surface area contributed by atoms with E-state index in [9.17, 15) is 4.79 Å². The molecule has 0 aromatic heterocycles. The Kier molecular flexibility index (Phi) is 7.63. The molecule has 4 nitrogen and oxygen atoms in total.